The minimum absolute atomic E-state index is 0.603. The summed E-state index contributed by atoms with van der Waals surface area (Å²) in [5.41, 5.74) is 5.75. The second kappa shape index (κ2) is 5.89. The largest absolute Gasteiger partial charge is 0.216 e. The van der Waals surface area contributed by atoms with Gasteiger partial charge >= 0.3 is 0 Å². The van der Waals surface area contributed by atoms with Crippen LogP contribution in [-0.4, -0.2) is 29.4 Å². The zero-order valence-corrected chi connectivity index (χ0v) is 15.5. The molecule has 0 atom stereocenters. The molecule has 3 aromatic heterocycles. The van der Waals surface area contributed by atoms with Gasteiger partial charge in [-0.1, -0.05) is 29.8 Å². The van der Waals surface area contributed by atoms with Gasteiger partial charge in [0.1, 0.15) is 6.33 Å². The van der Waals surface area contributed by atoms with Gasteiger partial charge in [-0.05, 0) is 49.2 Å². The fraction of sp³-hybridized carbons (Fsp3) is 0.100. The van der Waals surface area contributed by atoms with Crippen molar-refractivity contribution in [3.05, 3.63) is 71.1 Å². The number of fused-ring (bicyclic) bond motifs is 3. The van der Waals surface area contributed by atoms with Crippen LogP contribution in [0.1, 0.15) is 11.1 Å². The molecule has 2 aromatic carbocycles. The molecule has 5 rings (SSSR count). The van der Waals surface area contributed by atoms with E-state index in [0.717, 1.165) is 22.3 Å². The molecular weight excluding hydrogens is 360 g/mol. The van der Waals surface area contributed by atoms with Crippen molar-refractivity contribution in [3.63, 3.8) is 0 Å². The van der Waals surface area contributed by atoms with Gasteiger partial charge in [0.25, 0.3) is 0 Å². The minimum Gasteiger partial charge on any atom is -0.216 e. The molecule has 132 valence electrons. The van der Waals surface area contributed by atoms with E-state index in [0.29, 0.717) is 16.5 Å². The van der Waals surface area contributed by atoms with E-state index in [1.54, 1.807) is 17.0 Å². The minimum atomic E-state index is 0.603. The lowest BCUT2D eigenvalue weighted by atomic mass is 10.1. The number of hydrogen-bond donors (Lipinski definition) is 0. The average Bonchev–Trinajstić information content (AvgIpc) is 3.27. The number of aryl methyl sites for hydroxylation is 2. The highest BCUT2D eigenvalue weighted by Crippen LogP contribution is 2.24. The summed E-state index contributed by atoms with van der Waals surface area (Å²) in [5.74, 6) is 0.603. The van der Waals surface area contributed by atoms with E-state index >= 15 is 0 Å². The molecule has 5 aromatic rings. The molecule has 0 fully saturated rings. The standard InChI is InChI=1S/C20H15ClN6/c1-12-6-7-16(8-13(12)2)27-19-17(10-23-27)20-24-18(25-26(20)11-22-19)14-4-3-5-15(21)9-14/h3-11H,1-2H3. The van der Waals surface area contributed by atoms with Gasteiger partial charge in [0.05, 0.1) is 17.3 Å². The molecule has 0 saturated heterocycles. The van der Waals surface area contributed by atoms with Crippen molar-refractivity contribution in [1.82, 2.24) is 29.4 Å². The second-order valence-electron chi connectivity index (χ2n) is 6.52. The van der Waals surface area contributed by atoms with E-state index in [4.69, 9.17) is 16.6 Å². The van der Waals surface area contributed by atoms with Gasteiger partial charge in [0.2, 0.25) is 0 Å². The van der Waals surface area contributed by atoms with Gasteiger partial charge in [-0.3, -0.25) is 0 Å². The average molecular weight is 375 g/mol. The third-order valence-corrected chi connectivity index (χ3v) is 4.96. The van der Waals surface area contributed by atoms with Crippen LogP contribution < -0.4 is 0 Å². The molecular formula is C20H15ClN6. The normalized spacial score (nSPS) is 11.5. The molecule has 0 bridgehead atoms. The van der Waals surface area contributed by atoms with E-state index in [1.807, 2.05) is 35.0 Å². The lowest BCUT2D eigenvalue weighted by Gasteiger charge is -2.06. The Morgan fingerprint density at radius 3 is 2.67 bits per heavy atom. The SMILES string of the molecule is Cc1ccc(-n2ncc3c2ncn2nc(-c4cccc(Cl)c4)nc32)cc1C. The van der Waals surface area contributed by atoms with E-state index in [9.17, 15) is 0 Å². The molecule has 0 aliphatic carbocycles. The van der Waals surface area contributed by atoms with Crippen LogP contribution in [0.2, 0.25) is 5.02 Å². The van der Waals surface area contributed by atoms with E-state index in [1.165, 1.54) is 11.1 Å². The van der Waals surface area contributed by atoms with Crippen LogP contribution in [0.4, 0.5) is 0 Å². The van der Waals surface area contributed by atoms with Crippen molar-refractivity contribution in [2.24, 2.45) is 0 Å². The Labute approximate surface area is 160 Å². The summed E-state index contributed by atoms with van der Waals surface area (Å²) in [6.45, 7) is 4.18. The summed E-state index contributed by atoms with van der Waals surface area (Å²) in [4.78, 5) is 9.25. The van der Waals surface area contributed by atoms with Gasteiger partial charge in [0, 0.05) is 10.6 Å². The second-order valence-corrected chi connectivity index (χ2v) is 6.96. The van der Waals surface area contributed by atoms with Crippen LogP contribution in [0.25, 0.3) is 33.8 Å². The maximum absolute atomic E-state index is 6.10. The summed E-state index contributed by atoms with van der Waals surface area (Å²) in [5, 5.41) is 10.6. The number of nitrogens with zero attached hydrogens (tertiary/aromatic N) is 6. The van der Waals surface area contributed by atoms with Crippen LogP contribution in [0.5, 0.6) is 0 Å². The van der Waals surface area contributed by atoms with Crippen LogP contribution in [0.15, 0.2) is 55.0 Å². The monoisotopic (exact) mass is 374 g/mol. The van der Waals surface area contributed by atoms with Gasteiger partial charge in [0.15, 0.2) is 17.1 Å². The first-order chi connectivity index (χ1) is 13.1. The first-order valence-corrected chi connectivity index (χ1v) is 8.90. The number of rotatable bonds is 2. The van der Waals surface area contributed by atoms with E-state index in [-0.39, 0.29) is 0 Å². The smallest absolute Gasteiger partial charge is 0.182 e. The summed E-state index contributed by atoms with van der Waals surface area (Å²) in [6.07, 6.45) is 3.45. The molecule has 0 saturated carbocycles. The molecule has 27 heavy (non-hydrogen) atoms. The van der Waals surface area contributed by atoms with Crippen LogP contribution >= 0.6 is 11.6 Å². The van der Waals surface area contributed by atoms with Crippen molar-refractivity contribution < 1.29 is 0 Å². The quantitative estimate of drug-likeness (QED) is 0.459. The number of benzene rings is 2. The van der Waals surface area contributed by atoms with Gasteiger partial charge in [-0.25, -0.2) is 19.2 Å². The maximum Gasteiger partial charge on any atom is 0.182 e. The van der Waals surface area contributed by atoms with Gasteiger partial charge in [-0.2, -0.15) is 5.10 Å². The Hall–Kier alpha value is -3.25. The van der Waals surface area contributed by atoms with Crippen molar-refractivity contribution in [1.29, 1.82) is 0 Å². The van der Waals surface area contributed by atoms with Gasteiger partial charge in [-0.15, -0.1) is 5.10 Å². The third-order valence-electron chi connectivity index (χ3n) is 4.72. The highest BCUT2D eigenvalue weighted by molar-refractivity contribution is 6.30. The van der Waals surface area contributed by atoms with Crippen molar-refractivity contribution in [2.75, 3.05) is 0 Å². The summed E-state index contributed by atoms with van der Waals surface area (Å²) in [6, 6.07) is 13.7. The molecule has 0 aliphatic rings. The summed E-state index contributed by atoms with van der Waals surface area (Å²) in [7, 11) is 0. The highest BCUT2D eigenvalue weighted by Gasteiger charge is 2.14. The molecule has 0 amide bonds. The third kappa shape index (κ3) is 2.57. The summed E-state index contributed by atoms with van der Waals surface area (Å²) < 4.78 is 3.50. The Morgan fingerprint density at radius 2 is 1.85 bits per heavy atom. The van der Waals surface area contributed by atoms with Crippen LogP contribution in [-0.2, 0) is 0 Å². The Kier molecular flexibility index (Phi) is 3.48. The molecule has 0 radical (unpaired) electrons. The molecule has 0 aliphatic heterocycles. The zero-order valence-electron chi connectivity index (χ0n) is 14.8. The number of halogens is 1. The topological polar surface area (TPSA) is 60.9 Å². The molecule has 7 heteroatoms. The van der Waals surface area contributed by atoms with Crippen molar-refractivity contribution in [2.45, 2.75) is 13.8 Å². The van der Waals surface area contributed by atoms with E-state index < -0.39 is 0 Å². The first kappa shape index (κ1) is 16.0. The van der Waals surface area contributed by atoms with Crippen LogP contribution in [0.3, 0.4) is 0 Å². The Bertz CT molecular complexity index is 1320. The maximum atomic E-state index is 6.10. The Morgan fingerprint density at radius 1 is 0.963 bits per heavy atom. The predicted molar refractivity (Wildman–Crippen MR) is 105 cm³/mol. The van der Waals surface area contributed by atoms with Crippen molar-refractivity contribution >= 4 is 28.3 Å². The molecule has 3 heterocycles. The van der Waals surface area contributed by atoms with Crippen molar-refractivity contribution in [3.8, 4) is 17.1 Å². The Balaban J connectivity index is 1.70. The predicted octanol–water partition coefficient (Wildman–Crippen LogP) is 4.40. The first-order valence-electron chi connectivity index (χ1n) is 8.53. The molecule has 0 spiro atoms. The number of hydrogen-bond acceptors (Lipinski definition) is 4. The van der Waals surface area contributed by atoms with Crippen LogP contribution in [0, 0.1) is 13.8 Å². The fourth-order valence-corrected chi connectivity index (χ4v) is 3.31. The van der Waals surface area contributed by atoms with Gasteiger partial charge < -0.3 is 0 Å². The zero-order chi connectivity index (χ0) is 18.5. The molecule has 0 N–H and O–H groups in total. The fourth-order valence-electron chi connectivity index (χ4n) is 3.12. The molecule has 0 unspecified atom stereocenters. The highest BCUT2D eigenvalue weighted by atomic mass is 35.5. The lowest BCUT2D eigenvalue weighted by molar-refractivity contribution is 0.881. The summed E-state index contributed by atoms with van der Waals surface area (Å²) >= 11 is 6.10. The van der Waals surface area contributed by atoms with E-state index in [2.05, 4.69) is 41.2 Å². The lowest BCUT2D eigenvalue weighted by Crippen LogP contribution is -1.99. The molecule has 6 nitrogen and oxygen atoms in total. The number of aromatic nitrogens is 6.